The number of fused-ring (bicyclic) bond motifs is 1. The second-order valence-corrected chi connectivity index (χ2v) is 17.0. The standard InChI is InChI=1S/C25H32N8OSSi/c1-36(2,3)9-8-34-16-29-23-20(25-33-32-24(35-25)17-6-4-5-7-17)11-21-22(31-23)10-18(14-28-21)30-19-12-26-15-27-13-19/h10-15,17,30H,4-9,16H2,1-3H3,(H,29,31). The van der Waals surface area contributed by atoms with E-state index in [-0.39, 0.29) is 0 Å². The molecule has 1 saturated carbocycles. The number of anilines is 3. The average molecular weight is 521 g/mol. The van der Waals surface area contributed by atoms with Gasteiger partial charge in [-0.05, 0) is 31.0 Å². The summed E-state index contributed by atoms with van der Waals surface area (Å²) in [5.74, 6) is 1.26. The fraction of sp³-hybridized carbons (Fsp3) is 0.440. The van der Waals surface area contributed by atoms with E-state index in [0.717, 1.165) is 56.5 Å². The largest absolute Gasteiger partial charge is 0.362 e. The first-order valence-corrected chi connectivity index (χ1v) is 17.0. The van der Waals surface area contributed by atoms with Gasteiger partial charge in [0.15, 0.2) is 5.01 Å². The van der Waals surface area contributed by atoms with E-state index in [2.05, 4.69) is 55.4 Å². The fourth-order valence-corrected chi connectivity index (χ4v) is 5.98. The number of nitrogens with zero attached hydrogens (tertiary/aromatic N) is 6. The molecular weight excluding hydrogens is 488 g/mol. The summed E-state index contributed by atoms with van der Waals surface area (Å²) in [6.45, 7) is 8.18. The van der Waals surface area contributed by atoms with Crippen molar-refractivity contribution in [1.29, 1.82) is 0 Å². The maximum absolute atomic E-state index is 5.91. The Bertz CT molecular complexity index is 1300. The molecule has 0 aliphatic heterocycles. The van der Waals surface area contributed by atoms with Gasteiger partial charge in [0.05, 0.1) is 46.6 Å². The maximum atomic E-state index is 5.91. The molecule has 0 unspecified atom stereocenters. The van der Waals surface area contributed by atoms with Gasteiger partial charge in [0.1, 0.15) is 23.9 Å². The Morgan fingerprint density at radius 1 is 1.00 bits per heavy atom. The summed E-state index contributed by atoms with van der Waals surface area (Å²) in [6.07, 6.45) is 11.7. The summed E-state index contributed by atoms with van der Waals surface area (Å²) in [7, 11) is -1.14. The van der Waals surface area contributed by atoms with Crippen molar-refractivity contribution >= 4 is 47.6 Å². The van der Waals surface area contributed by atoms with Crippen LogP contribution in [0, 0.1) is 0 Å². The van der Waals surface area contributed by atoms with Crippen molar-refractivity contribution in [3.8, 4) is 10.6 Å². The van der Waals surface area contributed by atoms with Crippen LogP contribution in [0.2, 0.25) is 25.7 Å². The van der Waals surface area contributed by atoms with Crippen molar-refractivity contribution < 1.29 is 4.74 Å². The number of aromatic nitrogens is 6. The second kappa shape index (κ2) is 10.9. The number of ether oxygens (including phenoxy) is 1. The highest BCUT2D eigenvalue weighted by atomic mass is 32.1. The first-order chi connectivity index (χ1) is 17.4. The number of hydrogen-bond donors (Lipinski definition) is 2. The van der Waals surface area contributed by atoms with E-state index >= 15 is 0 Å². The van der Waals surface area contributed by atoms with Crippen LogP contribution in [0.4, 0.5) is 17.2 Å². The van der Waals surface area contributed by atoms with Gasteiger partial charge in [0, 0.05) is 20.6 Å². The predicted octanol–water partition coefficient (Wildman–Crippen LogP) is 6.06. The summed E-state index contributed by atoms with van der Waals surface area (Å²) in [6, 6.07) is 5.14. The molecule has 5 rings (SSSR count). The van der Waals surface area contributed by atoms with Crippen molar-refractivity contribution in [3.05, 3.63) is 42.1 Å². The fourth-order valence-electron chi connectivity index (χ4n) is 4.20. The Morgan fingerprint density at radius 3 is 2.58 bits per heavy atom. The van der Waals surface area contributed by atoms with Crippen LogP contribution in [-0.4, -0.2) is 51.5 Å². The van der Waals surface area contributed by atoms with Crippen LogP contribution in [-0.2, 0) is 4.74 Å². The molecule has 0 radical (unpaired) electrons. The van der Waals surface area contributed by atoms with Gasteiger partial charge in [-0.25, -0.2) is 15.0 Å². The van der Waals surface area contributed by atoms with Crippen LogP contribution in [0.15, 0.2) is 37.1 Å². The molecule has 0 atom stereocenters. The quantitative estimate of drug-likeness (QED) is 0.146. The average Bonchev–Trinajstić information content (AvgIpc) is 3.56. The highest BCUT2D eigenvalue weighted by Crippen LogP contribution is 2.39. The van der Waals surface area contributed by atoms with Gasteiger partial charge in [-0.2, -0.15) is 0 Å². The van der Waals surface area contributed by atoms with E-state index in [1.807, 2.05) is 12.1 Å². The van der Waals surface area contributed by atoms with Crippen LogP contribution in [0.1, 0.15) is 36.6 Å². The van der Waals surface area contributed by atoms with Gasteiger partial charge in [0.2, 0.25) is 0 Å². The van der Waals surface area contributed by atoms with E-state index in [1.54, 1.807) is 29.9 Å². The van der Waals surface area contributed by atoms with E-state index in [9.17, 15) is 0 Å². The zero-order chi connectivity index (χ0) is 25.0. The number of nitrogens with one attached hydrogen (secondary N) is 2. The topological polar surface area (TPSA) is 111 Å². The van der Waals surface area contributed by atoms with E-state index in [0.29, 0.717) is 12.6 Å². The lowest BCUT2D eigenvalue weighted by Gasteiger charge is -2.16. The smallest absolute Gasteiger partial charge is 0.151 e. The Kier molecular flexibility index (Phi) is 7.49. The van der Waals surface area contributed by atoms with Crippen molar-refractivity contribution in [2.45, 2.75) is 57.3 Å². The van der Waals surface area contributed by atoms with Gasteiger partial charge in [0.25, 0.3) is 0 Å². The lowest BCUT2D eigenvalue weighted by Crippen LogP contribution is -2.22. The van der Waals surface area contributed by atoms with E-state index in [1.165, 1.54) is 32.0 Å². The molecule has 0 aromatic carbocycles. The lowest BCUT2D eigenvalue weighted by atomic mass is 10.1. The first kappa shape index (κ1) is 24.7. The third kappa shape index (κ3) is 6.21. The van der Waals surface area contributed by atoms with Crippen LogP contribution >= 0.6 is 11.3 Å². The van der Waals surface area contributed by atoms with Gasteiger partial charge in [-0.3, -0.25) is 4.98 Å². The second-order valence-electron chi connectivity index (χ2n) is 10.4. The third-order valence-corrected chi connectivity index (χ3v) is 9.05. The van der Waals surface area contributed by atoms with Crippen molar-refractivity contribution in [2.75, 3.05) is 24.0 Å². The molecule has 188 valence electrons. The molecule has 36 heavy (non-hydrogen) atoms. The van der Waals surface area contributed by atoms with Crippen molar-refractivity contribution in [2.24, 2.45) is 0 Å². The van der Waals surface area contributed by atoms with Gasteiger partial charge < -0.3 is 15.4 Å². The Hall–Kier alpha value is -3.02. The van der Waals surface area contributed by atoms with E-state index in [4.69, 9.17) is 9.72 Å². The molecular formula is C25H32N8OSSi. The van der Waals surface area contributed by atoms with Crippen molar-refractivity contribution in [1.82, 2.24) is 30.1 Å². The summed E-state index contributed by atoms with van der Waals surface area (Å²) in [5, 5.41) is 17.7. The highest BCUT2D eigenvalue weighted by molar-refractivity contribution is 7.14. The maximum Gasteiger partial charge on any atom is 0.151 e. The molecule has 0 saturated heterocycles. The molecule has 4 heterocycles. The summed E-state index contributed by atoms with van der Waals surface area (Å²) in [5.41, 5.74) is 4.07. The van der Waals surface area contributed by atoms with E-state index < -0.39 is 8.07 Å². The van der Waals surface area contributed by atoms with Crippen LogP contribution in [0.5, 0.6) is 0 Å². The predicted molar refractivity (Wildman–Crippen MR) is 148 cm³/mol. The molecule has 2 N–H and O–H groups in total. The normalized spacial score (nSPS) is 14.4. The lowest BCUT2D eigenvalue weighted by molar-refractivity contribution is 0.165. The Morgan fingerprint density at radius 2 is 1.81 bits per heavy atom. The Balaban J connectivity index is 1.42. The van der Waals surface area contributed by atoms with Crippen molar-refractivity contribution in [3.63, 3.8) is 0 Å². The number of rotatable bonds is 10. The summed E-state index contributed by atoms with van der Waals surface area (Å²) >= 11 is 1.67. The minimum Gasteiger partial charge on any atom is -0.362 e. The molecule has 4 aromatic rings. The van der Waals surface area contributed by atoms with Gasteiger partial charge in [-0.15, -0.1) is 10.2 Å². The number of hydrogen-bond acceptors (Lipinski definition) is 10. The van der Waals surface area contributed by atoms with Crippen LogP contribution in [0.25, 0.3) is 21.6 Å². The molecule has 1 fully saturated rings. The Labute approximate surface area is 216 Å². The molecule has 1 aliphatic carbocycles. The molecule has 9 nitrogen and oxygen atoms in total. The SMILES string of the molecule is C[Si](C)(C)CCOCNc1nc2cc(Nc3cncnc3)cnc2cc1-c1nnc(C2CCCC2)s1. The summed E-state index contributed by atoms with van der Waals surface area (Å²) in [4.78, 5) is 17.7. The van der Waals surface area contributed by atoms with Crippen LogP contribution in [0.3, 0.4) is 0 Å². The molecule has 11 heteroatoms. The summed E-state index contributed by atoms with van der Waals surface area (Å²) < 4.78 is 5.91. The first-order valence-electron chi connectivity index (χ1n) is 12.4. The molecule has 1 aliphatic rings. The number of pyridine rings is 2. The third-order valence-electron chi connectivity index (χ3n) is 6.23. The van der Waals surface area contributed by atoms with Gasteiger partial charge >= 0.3 is 0 Å². The minimum atomic E-state index is -1.14. The van der Waals surface area contributed by atoms with Crippen LogP contribution < -0.4 is 10.6 Å². The molecule has 0 amide bonds. The molecule has 4 aromatic heterocycles. The minimum absolute atomic E-state index is 0.386. The molecule has 0 spiro atoms. The zero-order valence-corrected chi connectivity index (χ0v) is 22.8. The monoisotopic (exact) mass is 520 g/mol. The highest BCUT2D eigenvalue weighted by Gasteiger charge is 2.23. The molecule has 0 bridgehead atoms. The zero-order valence-electron chi connectivity index (χ0n) is 21.0. The van der Waals surface area contributed by atoms with Gasteiger partial charge in [-0.1, -0.05) is 43.8 Å².